The van der Waals surface area contributed by atoms with Crippen LogP contribution in [-0.2, 0) is 6.18 Å². The Labute approximate surface area is 77.7 Å². The maximum atomic E-state index is 12.3. The van der Waals surface area contributed by atoms with Gasteiger partial charge in [0.15, 0.2) is 11.4 Å². The summed E-state index contributed by atoms with van der Waals surface area (Å²) in [5.74, 6) is -0.539. The summed E-state index contributed by atoms with van der Waals surface area (Å²) in [6.45, 7) is 0. The number of hydrogen-bond donors (Lipinski definition) is 0. The van der Waals surface area contributed by atoms with Crippen molar-refractivity contribution < 1.29 is 17.9 Å². The molecule has 1 aromatic heterocycles. The fourth-order valence-corrected chi connectivity index (χ4v) is 0.958. The Kier molecular flexibility index (Phi) is 2.60. The van der Waals surface area contributed by atoms with Crippen molar-refractivity contribution >= 4 is 0 Å². The molecule has 0 saturated carbocycles. The Morgan fingerprint density at radius 1 is 1.50 bits per heavy atom. The molecule has 0 aliphatic carbocycles. The van der Waals surface area contributed by atoms with Crippen LogP contribution in [0.15, 0.2) is 12.3 Å². The highest BCUT2D eigenvalue weighted by Gasteiger charge is 2.35. The predicted octanol–water partition coefficient (Wildman–Crippen LogP) is 1.98. The fraction of sp³-hybridized carbons (Fsp3) is 0.250. The quantitative estimate of drug-likeness (QED) is 0.699. The number of aromatic nitrogens is 1. The number of halogens is 3. The van der Waals surface area contributed by atoms with Crippen molar-refractivity contribution in [3.63, 3.8) is 0 Å². The van der Waals surface area contributed by atoms with Gasteiger partial charge in [0, 0.05) is 6.20 Å². The first-order chi connectivity index (χ1) is 6.50. The molecule has 6 heteroatoms. The molecule has 0 spiro atoms. The molecule has 0 aliphatic rings. The van der Waals surface area contributed by atoms with E-state index in [0.717, 1.165) is 19.4 Å². The van der Waals surface area contributed by atoms with Crippen LogP contribution >= 0.6 is 0 Å². The third-order valence-corrected chi connectivity index (χ3v) is 1.52. The largest absolute Gasteiger partial charge is 0.493 e. The van der Waals surface area contributed by atoms with Gasteiger partial charge in [-0.1, -0.05) is 0 Å². The summed E-state index contributed by atoms with van der Waals surface area (Å²) in [5, 5.41) is 8.48. The smallest absolute Gasteiger partial charge is 0.420 e. The Morgan fingerprint density at radius 2 is 2.14 bits per heavy atom. The number of hydrogen-bond acceptors (Lipinski definition) is 3. The first-order valence-electron chi connectivity index (χ1n) is 3.51. The lowest BCUT2D eigenvalue weighted by Gasteiger charge is -2.11. The standard InChI is InChI=1S/C8H5F3N2O/c1-14-7-5(8(9,10)11)2-3-13-6(7)4-12/h2-3H,1H3. The van der Waals surface area contributed by atoms with E-state index in [1.165, 1.54) is 6.07 Å². The second kappa shape index (κ2) is 3.54. The van der Waals surface area contributed by atoms with Gasteiger partial charge in [0.05, 0.1) is 7.11 Å². The maximum absolute atomic E-state index is 12.3. The normalized spacial score (nSPS) is 10.8. The average molecular weight is 202 g/mol. The van der Waals surface area contributed by atoms with E-state index in [2.05, 4.69) is 9.72 Å². The lowest BCUT2D eigenvalue weighted by Crippen LogP contribution is -2.09. The molecule has 1 heterocycles. The van der Waals surface area contributed by atoms with Crippen LogP contribution < -0.4 is 4.74 Å². The van der Waals surface area contributed by atoms with Gasteiger partial charge in [0.2, 0.25) is 0 Å². The molecule has 0 aromatic carbocycles. The molecule has 0 saturated heterocycles. The van der Waals surface area contributed by atoms with Crippen molar-refractivity contribution in [1.82, 2.24) is 4.98 Å². The highest BCUT2D eigenvalue weighted by Crippen LogP contribution is 2.36. The summed E-state index contributed by atoms with van der Waals surface area (Å²) >= 11 is 0. The minimum absolute atomic E-state index is 0.373. The topological polar surface area (TPSA) is 45.9 Å². The first-order valence-corrected chi connectivity index (χ1v) is 3.51. The van der Waals surface area contributed by atoms with Gasteiger partial charge < -0.3 is 4.74 Å². The second-order valence-corrected chi connectivity index (χ2v) is 2.35. The maximum Gasteiger partial charge on any atom is 0.420 e. The monoisotopic (exact) mass is 202 g/mol. The van der Waals surface area contributed by atoms with E-state index in [1.54, 1.807) is 0 Å². The lowest BCUT2D eigenvalue weighted by atomic mass is 10.2. The molecule has 3 nitrogen and oxygen atoms in total. The SMILES string of the molecule is COc1c(C(F)(F)F)ccnc1C#N. The zero-order valence-corrected chi connectivity index (χ0v) is 7.09. The van der Waals surface area contributed by atoms with Crippen LogP contribution in [-0.4, -0.2) is 12.1 Å². The lowest BCUT2D eigenvalue weighted by molar-refractivity contribution is -0.138. The van der Waals surface area contributed by atoms with Gasteiger partial charge in [0.1, 0.15) is 11.6 Å². The van der Waals surface area contributed by atoms with E-state index >= 15 is 0 Å². The molecule has 0 N–H and O–H groups in total. The van der Waals surface area contributed by atoms with Crippen LogP contribution in [0.1, 0.15) is 11.3 Å². The van der Waals surface area contributed by atoms with Gasteiger partial charge in [-0.25, -0.2) is 4.98 Å². The molecule has 14 heavy (non-hydrogen) atoms. The molecule has 0 amide bonds. The van der Waals surface area contributed by atoms with Crippen LogP contribution in [0.5, 0.6) is 5.75 Å². The summed E-state index contributed by atoms with van der Waals surface area (Å²) in [7, 11) is 1.06. The van der Waals surface area contributed by atoms with Crippen molar-refractivity contribution in [2.24, 2.45) is 0 Å². The highest BCUT2D eigenvalue weighted by atomic mass is 19.4. The number of ether oxygens (including phenoxy) is 1. The minimum Gasteiger partial charge on any atom is -0.493 e. The van der Waals surface area contributed by atoms with Gasteiger partial charge in [-0.2, -0.15) is 18.4 Å². The van der Waals surface area contributed by atoms with Crippen molar-refractivity contribution in [1.29, 1.82) is 5.26 Å². The first kappa shape index (κ1) is 10.3. The third-order valence-electron chi connectivity index (χ3n) is 1.52. The van der Waals surface area contributed by atoms with E-state index in [9.17, 15) is 13.2 Å². The minimum atomic E-state index is -4.54. The highest BCUT2D eigenvalue weighted by molar-refractivity contribution is 5.44. The van der Waals surface area contributed by atoms with Gasteiger partial charge in [-0.15, -0.1) is 0 Å². The molecule has 0 atom stereocenters. The average Bonchev–Trinajstić information content (AvgIpc) is 2.15. The van der Waals surface area contributed by atoms with Crippen LogP contribution in [0, 0.1) is 11.3 Å². The summed E-state index contributed by atoms with van der Waals surface area (Å²) in [6, 6.07) is 2.29. The van der Waals surface area contributed by atoms with Crippen molar-refractivity contribution in [2.75, 3.05) is 7.11 Å². The molecule has 1 rings (SSSR count). The molecule has 0 aliphatic heterocycles. The van der Waals surface area contributed by atoms with Crippen LogP contribution in [0.2, 0.25) is 0 Å². The molecule has 0 radical (unpaired) electrons. The predicted molar refractivity (Wildman–Crippen MR) is 40.5 cm³/mol. The Bertz CT molecular complexity index is 381. The van der Waals surface area contributed by atoms with E-state index in [1.807, 2.05) is 0 Å². The number of methoxy groups -OCH3 is 1. The van der Waals surface area contributed by atoms with Crippen molar-refractivity contribution in [3.8, 4) is 11.8 Å². The molecule has 0 fully saturated rings. The molecule has 0 unspecified atom stereocenters. The summed E-state index contributed by atoms with van der Waals surface area (Å²) in [5.41, 5.74) is -1.37. The fourth-order valence-electron chi connectivity index (χ4n) is 0.958. The van der Waals surface area contributed by atoms with Gasteiger partial charge in [0.25, 0.3) is 0 Å². The number of alkyl halides is 3. The molecular formula is C8H5F3N2O. The zero-order valence-electron chi connectivity index (χ0n) is 7.09. The van der Waals surface area contributed by atoms with Gasteiger partial charge >= 0.3 is 6.18 Å². The van der Waals surface area contributed by atoms with Gasteiger partial charge in [-0.3, -0.25) is 0 Å². The molecule has 0 bridgehead atoms. The number of pyridine rings is 1. The van der Waals surface area contributed by atoms with E-state index in [-0.39, 0.29) is 5.69 Å². The van der Waals surface area contributed by atoms with E-state index < -0.39 is 17.5 Å². The van der Waals surface area contributed by atoms with E-state index in [4.69, 9.17) is 5.26 Å². The van der Waals surface area contributed by atoms with Crippen molar-refractivity contribution in [3.05, 3.63) is 23.5 Å². The van der Waals surface area contributed by atoms with Crippen LogP contribution in [0.4, 0.5) is 13.2 Å². The molecular weight excluding hydrogens is 197 g/mol. The van der Waals surface area contributed by atoms with Gasteiger partial charge in [-0.05, 0) is 6.07 Å². The Hall–Kier alpha value is -1.77. The second-order valence-electron chi connectivity index (χ2n) is 2.35. The Balaban J connectivity index is 3.39. The van der Waals surface area contributed by atoms with E-state index in [0.29, 0.717) is 0 Å². The van der Waals surface area contributed by atoms with Crippen LogP contribution in [0.3, 0.4) is 0 Å². The summed E-state index contributed by atoms with van der Waals surface area (Å²) < 4.78 is 41.5. The summed E-state index contributed by atoms with van der Waals surface area (Å²) in [6.07, 6.45) is -3.62. The molecule has 1 aromatic rings. The van der Waals surface area contributed by atoms with Crippen LogP contribution in [0.25, 0.3) is 0 Å². The molecule has 74 valence electrons. The van der Waals surface area contributed by atoms with Crippen molar-refractivity contribution in [2.45, 2.75) is 6.18 Å². The number of nitrogens with zero attached hydrogens (tertiary/aromatic N) is 2. The number of nitriles is 1. The summed E-state index contributed by atoms with van der Waals surface area (Å²) in [4.78, 5) is 3.46. The number of rotatable bonds is 1. The Morgan fingerprint density at radius 3 is 2.57 bits per heavy atom. The zero-order chi connectivity index (χ0) is 10.8. The third kappa shape index (κ3) is 1.76.